The summed E-state index contributed by atoms with van der Waals surface area (Å²) < 4.78 is 5.44. The van der Waals surface area contributed by atoms with Crippen molar-refractivity contribution in [1.82, 2.24) is 5.32 Å². The van der Waals surface area contributed by atoms with Crippen LogP contribution >= 0.6 is 0 Å². The Kier molecular flexibility index (Phi) is 5.63. The second kappa shape index (κ2) is 6.99. The molecule has 0 fully saturated rings. The number of amides is 1. The Morgan fingerprint density at radius 1 is 1.37 bits per heavy atom. The van der Waals surface area contributed by atoms with Crippen LogP contribution in [-0.2, 0) is 4.79 Å². The molecule has 106 valence electrons. The zero-order valence-corrected chi connectivity index (χ0v) is 11.5. The van der Waals surface area contributed by atoms with Gasteiger partial charge < -0.3 is 20.9 Å². The lowest BCUT2D eigenvalue weighted by Gasteiger charge is -2.25. The van der Waals surface area contributed by atoms with Gasteiger partial charge in [-0.2, -0.15) is 0 Å². The molecule has 0 aliphatic carbocycles. The summed E-state index contributed by atoms with van der Waals surface area (Å²) in [5, 5.41) is 11.7. The van der Waals surface area contributed by atoms with Crippen LogP contribution in [0.25, 0.3) is 0 Å². The predicted octanol–water partition coefficient (Wildman–Crippen LogP) is 1.31. The van der Waals surface area contributed by atoms with E-state index in [0.717, 1.165) is 0 Å². The van der Waals surface area contributed by atoms with Gasteiger partial charge in [0, 0.05) is 17.8 Å². The maximum Gasteiger partial charge on any atom is 0.223 e. The van der Waals surface area contributed by atoms with Gasteiger partial charge in [-0.05, 0) is 44.5 Å². The Labute approximate surface area is 113 Å². The van der Waals surface area contributed by atoms with Gasteiger partial charge in [0.1, 0.15) is 5.75 Å². The minimum absolute atomic E-state index is 0.0508. The van der Waals surface area contributed by atoms with E-state index >= 15 is 0 Å². The lowest BCUT2D eigenvalue weighted by Crippen LogP contribution is -2.44. The first-order valence-electron chi connectivity index (χ1n) is 6.33. The number of ether oxygens (including phenoxy) is 1. The zero-order chi connectivity index (χ0) is 14.3. The molecule has 0 heterocycles. The molecule has 0 unspecified atom stereocenters. The molecule has 5 heteroatoms. The Morgan fingerprint density at radius 2 is 2.00 bits per heavy atom. The van der Waals surface area contributed by atoms with Crippen molar-refractivity contribution in [3.63, 3.8) is 0 Å². The van der Waals surface area contributed by atoms with Crippen LogP contribution in [0.15, 0.2) is 24.3 Å². The number of nitrogens with two attached hydrogens (primary N) is 1. The molecular formula is C14H22N2O3. The summed E-state index contributed by atoms with van der Waals surface area (Å²) in [6.07, 6.45) is 0.802. The number of hydrogen-bond donors (Lipinski definition) is 3. The average Bonchev–Trinajstić information content (AvgIpc) is 2.30. The molecule has 0 radical (unpaired) electrons. The molecule has 0 aromatic heterocycles. The van der Waals surface area contributed by atoms with E-state index in [2.05, 4.69) is 5.32 Å². The molecule has 0 atom stereocenters. The molecule has 0 aliphatic rings. The third-order valence-electron chi connectivity index (χ3n) is 2.69. The minimum atomic E-state index is -0.396. The molecule has 1 aromatic carbocycles. The molecular weight excluding hydrogens is 244 g/mol. The van der Waals surface area contributed by atoms with Crippen LogP contribution in [0.2, 0.25) is 0 Å². The molecule has 0 saturated carbocycles. The van der Waals surface area contributed by atoms with Gasteiger partial charge >= 0.3 is 0 Å². The van der Waals surface area contributed by atoms with Gasteiger partial charge in [-0.25, -0.2) is 0 Å². The van der Waals surface area contributed by atoms with Crippen LogP contribution in [0.5, 0.6) is 5.75 Å². The van der Waals surface area contributed by atoms with Gasteiger partial charge in [-0.15, -0.1) is 0 Å². The smallest absolute Gasteiger partial charge is 0.223 e. The average molecular weight is 266 g/mol. The lowest BCUT2D eigenvalue weighted by atomic mass is 10.0. The van der Waals surface area contributed by atoms with Crippen molar-refractivity contribution in [2.45, 2.75) is 32.2 Å². The number of hydrogen-bond acceptors (Lipinski definition) is 4. The highest BCUT2D eigenvalue weighted by atomic mass is 16.5. The molecule has 0 saturated heterocycles. The molecule has 1 rings (SSSR count). The summed E-state index contributed by atoms with van der Waals surface area (Å²) in [4.78, 5) is 11.7. The van der Waals surface area contributed by atoms with Crippen molar-refractivity contribution in [3.8, 4) is 5.75 Å². The number of rotatable bonds is 7. The largest absolute Gasteiger partial charge is 0.493 e. The number of aliphatic hydroxyl groups is 1. The van der Waals surface area contributed by atoms with E-state index in [4.69, 9.17) is 15.6 Å². The number of nitrogens with one attached hydrogen (secondary N) is 1. The number of aliphatic hydroxyl groups excluding tert-OH is 1. The number of carbonyl (C=O) groups excluding carboxylic acids is 1. The van der Waals surface area contributed by atoms with Crippen LogP contribution in [0.4, 0.5) is 5.69 Å². The SMILES string of the molecule is CC(C)(CCO)NC(=O)CCOc1ccc(N)cc1. The van der Waals surface area contributed by atoms with Crippen LogP contribution in [0, 0.1) is 0 Å². The molecule has 5 nitrogen and oxygen atoms in total. The van der Waals surface area contributed by atoms with Crippen LogP contribution in [0.3, 0.4) is 0 Å². The van der Waals surface area contributed by atoms with E-state index in [1.807, 2.05) is 13.8 Å². The molecule has 1 aromatic rings. The zero-order valence-electron chi connectivity index (χ0n) is 11.5. The maximum absolute atomic E-state index is 11.7. The first-order chi connectivity index (χ1) is 8.93. The number of anilines is 1. The van der Waals surface area contributed by atoms with Crippen molar-refractivity contribution < 1.29 is 14.6 Å². The van der Waals surface area contributed by atoms with Crippen molar-refractivity contribution >= 4 is 11.6 Å². The van der Waals surface area contributed by atoms with E-state index in [-0.39, 0.29) is 18.9 Å². The van der Waals surface area contributed by atoms with Gasteiger partial charge in [0.15, 0.2) is 0 Å². The fourth-order valence-corrected chi connectivity index (χ4v) is 1.61. The van der Waals surface area contributed by atoms with Gasteiger partial charge in [0.2, 0.25) is 5.91 Å². The van der Waals surface area contributed by atoms with Crippen molar-refractivity contribution in [2.75, 3.05) is 18.9 Å². The van der Waals surface area contributed by atoms with Crippen LogP contribution in [0.1, 0.15) is 26.7 Å². The molecule has 1 amide bonds. The standard InChI is InChI=1S/C14H22N2O3/c1-14(2,8-9-17)16-13(18)7-10-19-12-5-3-11(15)4-6-12/h3-6,17H,7-10,15H2,1-2H3,(H,16,18). The molecule has 4 N–H and O–H groups in total. The van der Waals surface area contributed by atoms with E-state index < -0.39 is 5.54 Å². The van der Waals surface area contributed by atoms with Gasteiger partial charge in [0.25, 0.3) is 0 Å². The highest BCUT2D eigenvalue weighted by Crippen LogP contribution is 2.13. The summed E-state index contributed by atoms with van der Waals surface area (Å²) in [6, 6.07) is 7.03. The fourth-order valence-electron chi connectivity index (χ4n) is 1.61. The van der Waals surface area contributed by atoms with Gasteiger partial charge in [-0.1, -0.05) is 0 Å². The third-order valence-corrected chi connectivity index (χ3v) is 2.69. The Balaban J connectivity index is 2.29. The maximum atomic E-state index is 11.7. The molecule has 0 aliphatic heterocycles. The Bertz CT molecular complexity index is 402. The quantitative estimate of drug-likeness (QED) is 0.650. The molecule has 19 heavy (non-hydrogen) atoms. The van der Waals surface area contributed by atoms with Crippen molar-refractivity contribution in [2.24, 2.45) is 0 Å². The third kappa shape index (κ3) is 6.10. The summed E-state index contributed by atoms with van der Waals surface area (Å²) in [7, 11) is 0. The molecule has 0 bridgehead atoms. The van der Waals surface area contributed by atoms with Gasteiger partial charge in [0.05, 0.1) is 13.0 Å². The Morgan fingerprint density at radius 3 is 2.58 bits per heavy atom. The number of carbonyl (C=O) groups is 1. The van der Waals surface area contributed by atoms with E-state index in [1.54, 1.807) is 24.3 Å². The second-order valence-corrected chi connectivity index (χ2v) is 5.07. The van der Waals surface area contributed by atoms with E-state index in [1.165, 1.54) is 0 Å². The first kappa shape index (κ1) is 15.3. The molecule has 0 spiro atoms. The summed E-state index contributed by atoms with van der Waals surface area (Å²) in [5.41, 5.74) is 5.84. The van der Waals surface area contributed by atoms with Gasteiger partial charge in [-0.3, -0.25) is 4.79 Å². The number of benzene rings is 1. The van der Waals surface area contributed by atoms with Crippen LogP contribution in [-0.4, -0.2) is 29.8 Å². The lowest BCUT2D eigenvalue weighted by molar-refractivity contribution is -0.123. The highest BCUT2D eigenvalue weighted by Gasteiger charge is 2.19. The number of nitrogen functional groups attached to an aromatic ring is 1. The summed E-state index contributed by atoms with van der Waals surface area (Å²) >= 11 is 0. The summed E-state index contributed by atoms with van der Waals surface area (Å²) in [6.45, 7) is 4.12. The highest BCUT2D eigenvalue weighted by molar-refractivity contribution is 5.76. The van der Waals surface area contributed by atoms with E-state index in [0.29, 0.717) is 24.5 Å². The summed E-state index contributed by atoms with van der Waals surface area (Å²) in [5.74, 6) is 0.602. The minimum Gasteiger partial charge on any atom is -0.493 e. The van der Waals surface area contributed by atoms with Crippen molar-refractivity contribution in [3.05, 3.63) is 24.3 Å². The van der Waals surface area contributed by atoms with Crippen LogP contribution < -0.4 is 15.8 Å². The predicted molar refractivity (Wildman–Crippen MR) is 74.9 cm³/mol. The normalized spacial score (nSPS) is 11.1. The van der Waals surface area contributed by atoms with Crippen molar-refractivity contribution in [1.29, 1.82) is 0 Å². The first-order valence-corrected chi connectivity index (χ1v) is 6.33. The topological polar surface area (TPSA) is 84.6 Å². The fraction of sp³-hybridized carbons (Fsp3) is 0.500. The Hall–Kier alpha value is -1.75. The van der Waals surface area contributed by atoms with E-state index in [9.17, 15) is 4.79 Å². The second-order valence-electron chi connectivity index (χ2n) is 5.07. The monoisotopic (exact) mass is 266 g/mol.